The zero-order valence-corrected chi connectivity index (χ0v) is 22.7. The first kappa shape index (κ1) is 28.3. The number of amides is 1. The molecule has 11 nitrogen and oxygen atoms in total. The van der Waals surface area contributed by atoms with Crippen molar-refractivity contribution in [2.24, 2.45) is 0 Å². The lowest BCUT2D eigenvalue weighted by atomic mass is 10.1. The van der Waals surface area contributed by atoms with Crippen LogP contribution in [0.25, 0.3) is 10.9 Å². The number of esters is 1. The number of hydrogen-bond acceptors (Lipinski definition) is 8. The molecule has 204 valence electrons. The van der Waals surface area contributed by atoms with Gasteiger partial charge in [-0.25, -0.2) is 13.4 Å². The molecule has 2 aromatic carbocycles. The third-order valence-corrected chi connectivity index (χ3v) is 7.93. The zero-order valence-electron chi connectivity index (χ0n) is 20.4. The summed E-state index contributed by atoms with van der Waals surface area (Å²) in [5.41, 5.74) is 0.943. The number of halogens is 2. The number of rotatable bonds is 12. The van der Waals surface area contributed by atoms with E-state index in [1.807, 2.05) is 6.07 Å². The molecule has 0 saturated heterocycles. The minimum atomic E-state index is -4.38. The summed E-state index contributed by atoms with van der Waals surface area (Å²) in [6.07, 6.45) is 3.57. The fourth-order valence-electron chi connectivity index (χ4n) is 3.64. The molecule has 1 unspecified atom stereocenters. The van der Waals surface area contributed by atoms with Gasteiger partial charge in [-0.05, 0) is 42.8 Å². The predicted octanol–water partition coefficient (Wildman–Crippen LogP) is 3.39. The highest BCUT2D eigenvalue weighted by atomic mass is 35.5. The molecule has 0 bridgehead atoms. The highest BCUT2D eigenvalue weighted by Gasteiger charge is 2.30. The van der Waals surface area contributed by atoms with Gasteiger partial charge in [0.25, 0.3) is 5.91 Å². The van der Waals surface area contributed by atoms with E-state index in [-0.39, 0.29) is 21.5 Å². The second-order valence-electron chi connectivity index (χ2n) is 8.23. The smallest absolute Gasteiger partial charge is 0.326 e. The van der Waals surface area contributed by atoms with E-state index in [0.717, 1.165) is 0 Å². The summed E-state index contributed by atoms with van der Waals surface area (Å²) < 4.78 is 33.9. The molecule has 2 aromatic heterocycles. The number of aromatic amines is 1. The number of H-pyrrole nitrogens is 1. The summed E-state index contributed by atoms with van der Waals surface area (Å²) in [6, 6.07) is 13.2. The van der Waals surface area contributed by atoms with E-state index in [0.29, 0.717) is 35.2 Å². The number of carbonyl (C=O) groups is 2. The molecule has 2 heterocycles. The van der Waals surface area contributed by atoms with Crippen molar-refractivity contribution >= 4 is 61.8 Å². The van der Waals surface area contributed by atoms with E-state index in [1.165, 1.54) is 24.4 Å². The molecule has 0 fully saturated rings. The van der Waals surface area contributed by atoms with Crippen LogP contribution >= 0.6 is 23.2 Å². The fraction of sp³-hybridized carbons (Fsp3) is 0.200. The Morgan fingerprint density at radius 2 is 1.79 bits per heavy atom. The molecule has 1 atom stereocenters. The molecule has 0 radical (unpaired) electrons. The van der Waals surface area contributed by atoms with Crippen LogP contribution in [0.4, 0.5) is 5.82 Å². The number of pyridine rings is 1. The number of nitrogens with one attached hydrogen (secondary N) is 4. The summed E-state index contributed by atoms with van der Waals surface area (Å²) in [5, 5.41) is 12.7. The van der Waals surface area contributed by atoms with Crippen LogP contribution < -0.4 is 15.4 Å². The highest BCUT2D eigenvalue weighted by Crippen LogP contribution is 2.29. The molecule has 0 saturated carbocycles. The number of ether oxygens (including phenoxy) is 1. The van der Waals surface area contributed by atoms with Crippen LogP contribution in [-0.4, -0.2) is 61.2 Å². The van der Waals surface area contributed by atoms with Gasteiger partial charge in [0.1, 0.15) is 16.8 Å². The normalized spacial score (nSPS) is 12.2. The maximum Gasteiger partial charge on any atom is 0.326 e. The van der Waals surface area contributed by atoms with Gasteiger partial charge in [0.15, 0.2) is 0 Å². The number of aromatic nitrogens is 3. The van der Waals surface area contributed by atoms with E-state index in [1.54, 1.807) is 36.5 Å². The molecule has 0 aliphatic carbocycles. The monoisotopic (exact) mass is 590 g/mol. The number of hydrogen-bond donors (Lipinski definition) is 4. The van der Waals surface area contributed by atoms with Gasteiger partial charge in [0.05, 0.1) is 33.9 Å². The summed E-state index contributed by atoms with van der Waals surface area (Å²) in [5.74, 6) is -0.753. The Balaban J connectivity index is 1.44. The first-order valence-electron chi connectivity index (χ1n) is 11.7. The minimum absolute atomic E-state index is 0.00792. The van der Waals surface area contributed by atoms with E-state index in [9.17, 15) is 18.0 Å². The van der Waals surface area contributed by atoms with Crippen molar-refractivity contribution in [3.8, 4) is 0 Å². The van der Waals surface area contributed by atoms with E-state index in [4.69, 9.17) is 27.9 Å². The molecule has 4 rings (SSSR count). The van der Waals surface area contributed by atoms with Gasteiger partial charge in [-0.3, -0.25) is 14.7 Å². The summed E-state index contributed by atoms with van der Waals surface area (Å²) in [4.78, 5) is 29.6. The Bertz CT molecular complexity index is 1550. The van der Waals surface area contributed by atoms with Crippen LogP contribution in [0.2, 0.25) is 10.0 Å². The molecule has 0 aliphatic heterocycles. The van der Waals surface area contributed by atoms with Gasteiger partial charge in [0.2, 0.25) is 10.0 Å². The maximum atomic E-state index is 13.1. The van der Waals surface area contributed by atoms with E-state index >= 15 is 0 Å². The number of carbonyl (C=O) groups excluding carboxylic acids is 2. The lowest BCUT2D eigenvalue weighted by Crippen LogP contribution is -2.49. The topological polar surface area (TPSA) is 155 Å². The minimum Gasteiger partial charge on any atom is -0.464 e. The molecule has 14 heteroatoms. The predicted molar refractivity (Wildman–Crippen MR) is 147 cm³/mol. The van der Waals surface area contributed by atoms with Gasteiger partial charge in [-0.2, -0.15) is 9.82 Å². The zero-order chi connectivity index (χ0) is 27.8. The third-order valence-electron chi connectivity index (χ3n) is 5.50. The van der Waals surface area contributed by atoms with Crippen LogP contribution in [0.15, 0.2) is 71.9 Å². The number of nitrogens with zero attached hydrogens (tertiary/aromatic N) is 2. The second-order valence-corrected chi connectivity index (χ2v) is 10.7. The van der Waals surface area contributed by atoms with Crippen molar-refractivity contribution in [3.63, 3.8) is 0 Å². The van der Waals surface area contributed by atoms with Gasteiger partial charge < -0.3 is 15.4 Å². The molecule has 4 N–H and O–H groups in total. The lowest BCUT2D eigenvalue weighted by Gasteiger charge is -2.19. The maximum absolute atomic E-state index is 13.1. The Kier molecular flexibility index (Phi) is 9.36. The molecule has 0 aliphatic rings. The van der Waals surface area contributed by atoms with Crippen molar-refractivity contribution in [2.75, 3.05) is 25.0 Å². The van der Waals surface area contributed by atoms with Crippen molar-refractivity contribution < 1.29 is 22.7 Å². The van der Waals surface area contributed by atoms with Crippen LogP contribution in [0.3, 0.4) is 0 Å². The molecular formula is C25H24Cl2N6O5S. The summed E-state index contributed by atoms with van der Waals surface area (Å²) >= 11 is 12.2. The summed E-state index contributed by atoms with van der Waals surface area (Å²) in [7, 11) is -4.38. The SMILES string of the molecule is O=C(NCC(NS(=O)(=O)c1c(Cl)cccc1Cl)C(=O)OCCCNc1ccccn1)c1cccc2[nH]ncc12. The van der Waals surface area contributed by atoms with Crippen molar-refractivity contribution in [3.05, 3.63) is 82.6 Å². The fourth-order valence-corrected chi connectivity index (χ4v) is 5.97. The molecular weight excluding hydrogens is 567 g/mol. The van der Waals surface area contributed by atoms with Crippen LogP contribution in [0.5, 0.6) is 0 Å². The van der Waals surface area contributed by atoms with Crippen LogP contribution in [0, 0.1) is 0 Å². The Hall–Kier alpha value is -3.71. The third kappa shape index (κ3) is 7.24. The van der Waals surface area contributed by atoms with Crippen molar-refractivity contribution in [1.29, 1.82) is 0 Å². The first-order valence-corrected chi connectivity index (χ1v) is 14.0. The Labute approximate surface area is 234 Å². The molecule has 1 amide bonds. The van der Waals surface area contributed by atoms with Crippen molar-refractivity contribution in [2.45, 2.75) is 17.4 Å². The number of anilines is 1. The van der Waals surface area contributed by atoms with Crippen molar-refractivity contribution in [1.82, 2.24) is 25.2 Å². The lowest BCUT2D eigenvalue weighted by molar-refractivity contribution is -0.145. The quantitative estimate of drug-likeness (QED) is 0.144. The standard InChI is InChI=1S/C25H24Cl2N6O5S/c26-18-7-4-8-19(27)23(18)39(36,37)33-21(25(35)38-13-5-12-29-22-10-1-2-11-28-22)15-30-24(34)16-6-3-9-20-17(16)14-31-32-20/h1-4,6-11,14,21,33H,5,12-13,15H2,(H,28,29)(H,30,34)(H,31,32). The largest absolute Gasteiger partial charge is 0.464 e. The van der Waals surface area contributed by atoms with E-state index < -0.39 is 34.5 Å². The Morgan fingerprint density at radius 1 is 1.03 bits per heavy atom. The number of sulfonamides is 1. The highest BCUT2D eigenvalue weighted by molar-refractivity contribution is 7.89. The second kappa shape index (κ2) is 12.9. The average Bonchev–Trinajstić information content (AvgIpc) is 3.40. The summed E-state index contributed by atoms with van der Waals surface area (Å²) in [6.45, 7) is 0.0484. The van der Waals surface area contributed by atoms with E-state index in [2.05, 4.69) is 30.5 Å². The van der Waals surface area contributed by atoms with Gasteiger partial charge in [-0.1, -0.05) is 41.4 Å². The number of benzene rings is 2. The average molecular weight is 591 g/mol. The van der Waals surface area contributed by atoms with Crippen LogP contribution in [0.1, 0.15) is 16.8 Å². The Morgan fingerprint density at radius 3 is 2.54 bits per heavy atom. The van der Waals surface area contributed by atoms with Gasteiger partial charge in [-0.15, -0.1) is 0 Å². The first-order chi connectivity index (χ1) is 18.8. The van der Waals surface area contributed by atoms with Crippen LogP contribution in [-0.2, 0) is 19.6 Å². The molecule has 0 spiro atoms. The molecule has 4 aromatic rings. The number of fused-ring (bicyclic) bond motifs is 1. The van der Waals surface area contributed by atoms with Gasteiger partial charge in [0, 0.05) is 24.7 Å². The molecule has 39 heavy (non-hydrogen) atoms. The van der Waals surface area contributed by atoms with Gasteiger partial charge >= 0.3 is 5.97 Å².